The number of nitrogen functional groups attached to an aromatic ring is 1. The highest BCUT2D eigenvalue weighted by Crippen LogP contribution is 2.50. The molecule has 0 spiro atoms. The van der Waals surface area contributed by atoms with Crippen molar-refractivity contribution in [2.75, 3.05) is 24.3 Å². The Bertz CT molecular complexity index is 2490. The Morgan fingerprint density at radius 3 is 2.26 bits per heavy atom. The molecule has 19 nitrogen and oxygen atoms in total. The molecule has 2 aromatic heterocycles. The zero-order valence-corrected chi connectivity index (χ0v) is 33.1. The summed E-state index contributed by atoms with van der Waals surface area (Å²) >= 11 is 0. The van der Waals surface area contributed by atoms with Crippen molar-refractivity contribution in [1.82, 2.24) is 25.3 Å². The number of alkyl halides is 3. The molecule has 0 radical (unpaired) electrons. The first-order valence-corrected chi connectivity index (χ1v) is 19.6. The standard InChI is InChI=1S/C38H37F3N7O12P/c1-3-56-61(55,57-4-2)58-20-21-5-12-26(13-6-21)59-36(54)27-14-9-23(38(39,40)41)17-29(27)60-30(49)16-15-28(35(52)53)46-33(50)22-7-10-24(11-8-22)43-18-25-19-44-32-31(45-25)34(51)48-37(42)47-32/h5-14,17,19,28,43H,3-4,15-16,18,20H2,1-2H3,(H,46,50)(H,52,53)(H3,42,44,47,48,51)/t28-/m0/s1. The number of aromatic amines is 1. The summed E-state index contributed by atoms with van der Waals surface area (Å²) < 4.78 is 79.3. The number of rotatable bonds is 19. The van der Waals surface area contributed by atoms with E-state index in [1.807, 2.05) is 0 Å². The van der Waals surface area contributed by atoms with Crippen molar-refractivity contribution in [3.8, 4) is 11.5 Å². The van der Waals surface area contributed by atoms with Crippen molar-refractivity contribution in [1.29, 1.82) is 0 Å². The van der Waals surface area contributed by atoms with E-state index in [0.29, 0.717) is 29.1 Å². The number of nitrogens with zero attached hydrogens (tertiary/aromatic N) is 3. The highest BCUT2D eigenvalue weighted by molar-refractivity contribution is 7.48. The SMILES string of the molecule is CCOP(=O)(OCC)OCc1ccc(OC(=O)c2ccc(C(F)(F)F)cc2OC(=O)CC[C@H](NC(=O)c2ccc(NCc3cnc4nc(N)[nH]c(=O)c4n3)cc2)C(=O)O)cc1. The summed E-state index contributed by atoms with van der Waals surface area (Å²) in [6, 6.07) is 11.5. The summed E-state index contributed by atoms with van der Waals surface area (Å²) in [6.45, 7) is 3.28. The maximum Gasteiger partial charge on any atom is 0.475 e. The summed E-state index contributed by atoms with van der Waals surface area (Å²) in [7, 11) is -3.82. The highest BCUT2D eigenvalue weighted by atomic mass is 31.2. The fourth-order valence-corrected chi connectivity index (χ4v) is 6.44. The van der Waals surface area contributed by atoms with Crippen LogP contribution in [0, 0.1) is 0 Å². The molecule has 0 bridgehead atoms. The Morgan fingerprint density at radius 2 is 1.62 bits per heavy atom. The van der Waals surface area contributed by atoms with Gasteiger partial charge in [0.15, 0.2) is 11.2 Å². The molecule has 23 heteroatoms. The maximum atomic E-state index is 13.6. The van der Waals surface area contributed by atoms with Crippen molar-refractivity contribution in [2.45, 2.75) is 52.1 Å². The molecule has 0 fully saturated rings. The number of hydrogen-bond acceptors (Lipinski definition) is 16. The molecule has 0 aliphatic rings. The molecule has 5 rings (SSSR count). The van der Waals surface area contributed by atoms with Crippen LogP contribution in [0.25, 0.3) is 11.2 Å². The van der Waals surface area contributed by atoms with Gasteiger partial charge in [0.1, 0.15) is 23.1 Å². The number of anilines is 2. The lowest BCUT2D eigenvalue weighted by molar-refractivity contribution is -0.141. The molecule has 1 amide bonds. The van der Waals surface area contributed by atoms with Crippen LogP contribution in [-0.4, -0.2) is 68.1 Å². The topological polar surface area (TPSA) is 273 Å². The second-order valence-corrected chi connectivity index (χ2v) is 14.3. The number of carbonyl (C=O) groups is 4. The number of aromatic nitrogens is 4. The summed E-state index contributed by atoms with van der Waals surface area (Å²) in [4.78, 5) is 77.6. The van der Waals surface area contributed by atoms with Gasteiger partial charge < -0.3 is 30.9 Å². The van der Waals surface area contributed by atoms with Crippen LogP contribution >= 0.6 is 7.82 Å². The normalized spacial score (nSPS) is 12.1. The van der Waals surface area contributed by atoms with E-state index in [-0.39, 0.29) is 54.8 Å². The van der Waals surface area contributed by atoms with Gasteiger partial charge in [-0.05, 0) is 80.4 Å². The van der Waals surface area contributed by atoms with E-state index >= 15 is 0 Å². The van der Waals surface area contributed by atoms with Crippen LogP contribution in [-0.2, 0) is 47.1 Å². The van der Waals surface area contributed by atoms with Gasteiger partial charge in [-0.3, -0.25) is 32.9 Å². The number of amides is 1. The van der Waals surface area contributed by atoms with Crippen molar-refractivity contribution in [3.63, 3.8) is 0 Å². The molecule has 0 saturated carbocycles. The molecule has 0 aliphatic carbocycles. The predicted octanol–water partition coefficient (Wildman–Crippen LogP) is 5.41. The second kappa shape index (κ2) is 20.0. The zero-order chi connectivity index (χ0) is 44.3. The third-order valence-corrected chi connectivity index (χ3v) is 9.79. The van der Waals surface area contributed by atoms with Crippen molar-refractivity contribution in [3.05, 3.63) is 111 Å². The van der Waals surface area contributed by atoms with E-state index in [1.54, 1.807) is 13.8 Å². The Hall–Kier alpha value is -6.74. The van der Waals surface area contributed by atoms with Gasteiger partial charge in [0, 0.05) is 17.7 Å². The van der Waals surface area contributed by atoms with Crippen LogP contribution in [0.15, 0.2) is 77.7 Å². The number of esters is 2. The maximum absolute atomic E-state index is 13.6. The average molecular weight is 872 g/mol. The van der Waals surface area contributed by atoms with Crippen LogP contribution in [0.4, 0.5) is 24.8 Å². The Morgan fingerprint density at radius 1 is 0.934 bits per heavy atom. The number of aliphatic carboxylic acids is 1. The molecular weight excluding hydrogens is 834 g/mol. The van der Waals surface area contributed by atoms with E-state index < -0.39 is 79.1 Å². The minimum atomic E-state index is -4.90. The molecule has 2 heterocycles. The number of ether oxygens (including phenoxy) is 2. The number of carboxylic acids is 1. The summed E-state index contributed by atoms with van der Waals surface area (Å²) in [5.74, 6) is -5.74. The molecule has 0 unspecified atom stereocenters. The van der Waals surface area contributed by atoms with Crippen molar-refractivity contribution < 1.29 is 65.1 Å². The molecule has 5 aromatic rings. The van der Waals surface area contributed by atoms with Crippen LogP contribution in [0.1, 0.15) is 64.2 Å². The molecule has 0 saturated heterocycles. The van der Waals surface area contributed by atoms with E-state index in [1.165, 1.54) is 54.7 Å². The van der Waals surface area contributed by atoms with Gasteiger partial charge in [-0.15, -0.1) is 0 Å². The van der Waals surface area contributed by atoms with Crippen LogP contribution in [0.2, 0.25) is 0 Å². The molecule has 6 N–H and O–H groups in total. The number of hydrogen-bond donors (Lipinski definition) is 5. The number of H-pyrrole nitrogens is 1. The van der Waals surface area contributed by atoms with E-state index in [9.17, 15) is 46.8 Å². The van der Waals surface area contributed by atoms with Gasteiger partial charge in [-0.1, -0.05) is 12.1 Å². The average Bonchev–Trinajstić information content (AvgIpc) is 3.21. The van der Waals surface area contributed by atoms with Gasteiger partial charge in [-0.2, -0.15) is 18.2 Å². The van der Waals surface area contributed by atoms with Crippen LogP contribution in [0.5, 0.6) is 11.5 Å². The first kappa shape index (κ1) is 45.3. The van der Waals surface area contributed by atoms with Gasteiger partial charge in [0.2, 0.25) is 5.95 Å². The van der Waals surface area contributed by atoms with Crippen molar-refractivity contribution >= 4 is 54.4 Å². The number of phosphoric acid groups is 1. The molecule has 0 aliphatic heterocycles. The number of nitrogens with two attached hydrogens (primary N) is 1. The molecular formula is C38H37F3N7O12P. The fourth-order valence-electron chi connectivity index (χ4n) is 5.27. The third-order valence-electron chi connectivity index (χ3n) is 8.20. The lowest BCUT2D eigenvalue weighted by atomic mass is 10.1. The first-order valence-electron chi connectivity index (χ1n) is 18.1. The fraction of sp³-hybridized carbons (Fsp3) is 0.263. The number of phosphoric ester groups is 1. The van der Waals surface area contributed by atoms with Crippen LogP contribution < -0.4 is 31.4 Å². The monoisotopic (exact) mass is 871 g/mol. The van der Waals surface area contributed by atoms with Gasteiger partial charge >= 0.3 is 31.9 Å². The Labute approximate surface area is 343 Å². The largest absolute Gasteiger partial charge is 0.480 e. The lowest BCUT2D eigenvalue weighted by Gasteiger charge is -2.16. The second-order valence-electron chi connectivity index (χ2n) is 12.6. The predicted molar refractivity (Wildman–Crippen MR) is 208 cm³/mol. The van der Waals surface area contributed by atoms with Gasteiger partial charge in [-0.25, -0.2) is 24.1 Å². The minimum absolute atomic E-state index is 0.0119. The first-order chi connectivity index (χ1) is 29.0. The highest BCUT2D eigenvalue weighted by Gasteiger charge is 2.33. The Balaban J connectivity index is 1.18. The van der Waals surface area contributed by atoms with Gasteiger partial charge in [0.25, 0.3) is 11.5 Å². The van der Waals surface area contributed by atoms with Crippen LogP contribution in [0.3, 0.4) is 0 Å². The minimum Gasteiger partial charge on any atom is -0.480 e. The number of nitrogens with one attached hydrogen (secondary N) is 3. The number of benzene rings is 3. The van der Waals surface area contributed by atoms with Gasteiger partial charge in [0.05, 0.1) is 43.8 Å². The number of halogens is 3. The zero-order valence-electron chi connectivity index (χ0n) is 32.2. The third kappa shape index (κ3) is 12.6. The molecule has 322 valence electrons. The molecule has 3 aromatic carbocycles. The van der Waals surface area contributed by atoms with E-state index in [4.69, 9.17) is 28.8 Å². The Kier molecular flexibility index (Phi) is 14.9. The summed E-state index contributed by atoms with van der Waals surface area (Å²) in [5.41, 5.74) is 4.62. The number of carbonyl (C=O) groups excluding carboxylic acids is 3. The van der Waals surface area contributed by atoms with Crippen molar-refractivity contribution in [2.24, 2.45) is 0 Å². The number of carboxylic acid groups (broad SMARTS) is 1. The van der Waals surface area contributed by atoms with E-state index in [2.05, 4.69) is 30.6 Å². The lowest BCUT2D eigenvalue weighted by Crippen LogP contribution is -2.41. The smallest absolute Gasteiger partial charge is 0.475 e. The quantitative estimate of drug-likeness (QED) is 0.0394. The molecule has 1 atom stereocenters. The van der Waals surface area contributed by atoms with E-state index in [0.717, 1.165) is 6.07 Å². The molecule has 61 heavy (non-hydrogen) atoms. The summed E-state index contributed by atoms with van der Waals surface area (Å²) in [5, 5.41) is 15.1. The number of fused-ring (bicyclic) bond motifs is 1. The summed E-state index contributed by atoms with van der Waals surface area (Å²) in [6.07, 6.45) is -4.75.